The van der Waals surface area contributed by atoms with Gasteiger partial charge in [0.2, 0.25) is 5.91 Å². The number of benzene rings is 1. The molecule has 1 unspecified atom stereocenters. The molecular weight excluding hydrogens is 369 g/mol. The summed E-state index contributed by atoms with van der Waals surface area (Å²) in [7, 11) is 0. The van der Waals surface area contributed by atoms with Gasteiger partial charge < -0.3 is 15.4 Å². The Morgan fingerprint density at radius 1 is 1.31 bits per heavy atom. The van der Waals surface area contributed by atoms with Crippen LogP contribution < -0.4 is 15.4 Å². The third-order valence-corrected chi connectivity index (χ3v) is 4.54. The van der Waals surface area contributed by atoms with Crippen molar-refractivity contribution in [2.24, 2.45) is 11.8 Å². The fourth-order valence-electron chi connectivity index (χ4n) is 3.09. The van der Waals surface area contributed by atoms with Crippen LogP contribution in [0.4, 0.5) is 13.2 Å². The molecule has 1 amide bonds. The van der Waals surface area contributed by atoms with Crippen LogP contribution in [0.5, 0.6) is 5.75 Å². The molecule has 0 aromatic heterocycles. The maximum Gasteiger partial charge on any atom is 0.422 e. The minimum atomic E-state index is -4.39. The number of ether oxygens (including phenoxy) is 1. The molecular formula is C18H26ClF3N2O2. The molecule has 2 N–H and O–H groups in total. The van der Waals surface area contributed by atoms with Gasteiger partial charge in [0.25, 0.3) is 0 Å². The van der Waals surface area contributed by atoms with Gasteiger partial charge in [0.1, 0.15) is 5.75 Å². The Kier molecular flexibility index (Phi) is 9.22. The first-order chi connectivity index (χ1) is 11.8. The fraction of sp³-hybridized carbons (Fsp3) is 0.611. The highest BCUT2D eigenvalue weighted by Crippen LogP contribution is 2.25. The minimum absolute atomic E-state index is 0. The van der Waals surface area contributed by atoms with Crippen molar-refractivity contribution in [3.05, 3.63) is 29.8 Å². The quantitative estimate of drug-likeness (QED) is 0.741. The van der Waals surface area contributed by atoms with Gasteiger partial charge >= 0.3 is 6.18 Å². The first-order valence-corrected chi connectivity index (χ1v) is 8.60. The number of halogens is 4. The highest BCUT2D eigenvalue weighted by Gasteiger charge is 2.28. The molecule has 0 aliphatic carbocycles. The molecule has 1 heterocycles. The van der Waals surface area contributed by atoms with E-state index in [1.165, 1.54) is 6.07 Å². The number of alkyl halides is 3. The van der Waals surface area contributed by atoms with Crippen molar-refractivity contribution in [2.75, 3.05) is 19.7 Å². The zero-order valence-electron chi connectivity index (χ0n) is 14.8. The number of carbonyl (C=O) groups excluding carboxylic acids is 1. The Balaban J connectivity index is 0.00000338. The smallest absolute Gasteiger partial charge is 0.422 e. The van der Waals surface area contributed by atoms with Gasteiger partial charge in [-0.3, -0.25) is 4.79 Å². The summed E-state index contributed by atoms with van der Waals surface area (Å²) < 4.78 is 41.8. The van der Waals surface area contributed by atoms with Crippen LogP contribution in [-0.2, 0) is 11.3 Å². The highest BCUT2D eigenvalue weighted by molar-refractivity contribution is 5.85. The molecule has 148 valence electrons. The summed E-state index contributed by atoms with van der Waals surface area (Å²) >= 11 is 0. The summed E-state index contributed by atoms with van der Waals surface area (Å²) in [5, 5.41) is 6.09. The second-order valence-corrected chi connectivity index (χ2v) is 6.56. The average molecular weight is 395 g/mol. The molecule has 1 atom stereocenters. The van der Waals surface area contributed by atoms with E-state index in [-0.39, 0.29) is 30.6 Å². The van der Waals surface area contributed by atoms with E-state index in [1.807, 2.05) is 0 Å². The van der Waals surface area contributed by atoms with E-state index in [0.29, 0.717) is 23.8 Å². The second-order valence-electron chi connectivity index (χ2n) is 6.56. The number of rotatable bonds is 7. The zero-order chi connectivity index (χ0) is 18.3. The third-order valence-electron chi connectivity index (χ3n) is 4.54. The van der Waals surface area contributed by atoms with Crippen molar-refractivity contribution in [1.29, 1.82) is 0 Å². The lowest BCUT2D eigenvalue weighted by molar-refractivity contribution is -0.153. The Bertz CT molecular complexity index is 564. The van der Waals surface area contributed by atoms with Crippen molar-refractivity contribution in [3.8, 4) is 5.75 Å². The minimum Gasteiger partial charge on any atom is -0.484 e. The topological polar surface area (TPSA) is 50.4 Å². The molecule has 8 heteroatoms. The van der Waals surface area contributed by atoms with Gasteiger partial charge in [0, 0.05) is 18.5 Å². The van der Waals surface area contributed by atoms with Crippen LogP contribution >= 0.6 is 12.4 Å². The van der Waals surface area contributed by atoms with Gasteiger partial charge in [-0.1, -0.05) is 25.1 Å². The predicted molar refractivity (Wildman–Crippen MR) is 96.5 cm³/mol. The summed E-state index contributed by atoms with van der Waals surface area (Å²) in [6, 6.07) is 6.45. The van der Waals surface area contributed by atoms with E-state index in [2.05, 4.69) is 17.6 Å². The first-order valence-electron chi connectivity index (χ1n) is 8.60. The fourth-order valence-corrected chi connectivity index (χ4v) is 3.09. The van der Waals surface area contributed by atoms with Crippen molar-refractivity contribution in [3.63, 3.8) is 0 Å². The number of piperidine rings is 1. The Labute approximate surface area is 158 Å². The predicted octanol–water partition coefficient (Wildman–Crippen LogP) is 3.69. The molecule has 1 aromatic carbocycles. The van der Waals surface area contributed by atoms with Crippen molar-refractivity contribution < 1.29 is 22.7 Å². The monoisotopic (exact) mass is 394 g/mol. The van der Waals surface area contributed by atoms with Crippen LogP contribution in [0.1, 0.15) is 31.7 Å². The Morgan fingerprint density at radius 3 is 2.62 bits per heavy atom. The van der Waals surface area contributed by atoms with Gasteiger partial charge in [-0.2, -0.15) is 13.2 Å². The van der Waals surface area contributed by atoms with Crippen LogP contribution in [0, 0.1) is 11.8 Å². The molecule has 2 rings (SSSR count). The molecule has 0 spiro atoms. The number of hydrogen-bond acceptors (Lipinski definition) is 3. The van der Waals surface area contributed by atoms with Crippen molar-refractivity contribution in [2.45, 2.75) is 38.9 Å². The van der Waals surface area contributed by atoms with E-state index in [1.54, 1.807) is 18.2 Å². The first kappa shape index (κ1) is 22.6. The SMILES string of the molecule is CC(CC(=O)NCc1ccccc1OCC(F)(F)F)C1CCNCC1.Cl. The molecule has 1 aromatic rings. The van der Waals surface area contributed by atoms with E-state index in [9.17, 15) is 18.0 Å². The molecule has 0 saturated carbocycles. The Hall–Kier alpha value is -1.47. The van der Waals surface area contributed by atoms with Crippen LogP contribution in [0.15, 0.2) is 24.3 Å². The van der Waals surface area contributed by atoms with Gasteiger partial charge in [0.05, 0.1) is 0 Å². The molecule has 0 bridgehead atoms. The molecule has 26 heavy (non-hydrogen) atoms. The van der Waals surface area contributed by atoms with Crippen LogP contribution in [0.2, 0.25) is 0 Å². The normalized spacial score (nSPS) is 16.5. The van der Waals surface area contributed by atoms with Gasteiger partial charge in [-0.05, 0) is 43.8 Å². The summed E-state index contributed by atoms with van der Waals surface area (Å²) in [6.45, 7) is 2.87. The van der Waals surface area contributed by atoms with E-state index >= 15 is 0 Å². The summed E-state index contributed by atoms with van der Waals surface area (Å²) in [4.78, 5) is 12.2. The van der Waals surface area contributed by atoms with Crippen LogP contribution in [0.25, 0.3) is 0 Å². The van der Waals surface area contributed by atoms with Gasteiger partial charge in [0.15, 0.2) is 6.61 Å². The summed E-state index contributed by atoms with van der Waals surface area (Å²) in [5.74, 6) is 0.886. The van der Waals surface area contributed by atoms with Crippen LogP contribution in [0.3, 0.4) is 0 Å². The lowest BCUT2D eigenvalue weighted by Gasteiger charge is -2.27. The second kappa shape index (κ2) is 10.6. The van der Waals surface area contributed by atoms with Crippen molar-refractivity contribution >= 4 is 18.3 Å². The summed E-state index contributed by atoms with van der Waals surface area (Å²) in [5.41, 5.74) is 0.537. The van der Waals surface area contributed by atoms with Crippen LogP contribution in [-0.4, -0.2) is 31.8 Å². The maximum atomic E-state index is 12.3. The molecule has 1 fully saturated rings. The number of carbonyl (C=O) groups is 1. The Morgan fingerprint density at radius 2 is 1.96 bits per heavy atom. The molecule has 1 aliphatic heterocycles. The zero-order valence-corrected chi connectivity index (χ0v) is 15.6. The number of hydrogen-bond donors (Lipinski definition) is 2. The average Bonchev–Trinajstić information content (AvgIpc) is 2.59. The third kappa shape index (κ3) is 7.83. The molecule has 1 saturated heterocycles. The standard InChI is InChI=1S/C18H25F3N2O2.ClH/c1-13(14-6-8-22-9-7-14)10-17(24)23-11-15-4-2-3-5-16(15)25-12-18(19,20)21;/h2-5,13-14,22H,6-12H2,1H3,(H,23,24);1H. The molecule has 4 nitrogen and oxygen atoms in total. The van der Waals surface area contributed by atoms with Gasteiger partial charge in [-0.15, -0.1) is 12.4 Å². The number of amides is 1. The maximum absolute atomic E-state index is 12.3. The van der Waals surface area contributed by atoms with Crippen molar-refractivity contribution in [1.82, 2.24) is 10.6 Å². The lowest BCUT2D eigenvalue weighted by atomic mass is 9.84. The lowest BCUT2D eigenvalue weighted by Crippen LogP contribution is -2.33. The number of para-hydroxylation sites is 1. The van der Waals surface area contributed by atoms with E-state index < -0.39 is 12.8 Å². The highest BCUT2D eigenvalue weighted by atomic mass is 35.5. The number of nitrogens with one attached hydrogen (secondary N) is 2. The molecule has 1 aliphatic rings. The van der Waals surface area contributed by atoms with E-state index in [0.717, 1.165) is 25.9 Å². The summed E-state index contributed by atoms with van der Waals surface area (Å²) in [6.07, 6.45) is -1.82. The molecule has 0 radical (unpaired) electrons. The van der Waals surface area contributed by atoms with E-state index in [4.69, 9.17) is 4.74 Å². The van der Waals surface area contributed by atoms with Gasteiger partial charge in [-0.25, -0.2) is 0 Å². The largest absolute Gasteiger partial charge is 0.484 e.